The van der Waals surface area contributed by atoms with Crippen LogP contribution in [0.2, 0.25) is 0 Å². The van der Waals surface area contributed by atoms with Crippen LogP contribution < -0.4 is 38.9 Å². The summed E-state index contributed by atoms with van der Waals surface area (Å²) < 4.78 is 5.66. The van der Waals surface area contributed by atoms with Crippen molar-refractivity contribution < 1.29 is 18.8 Å². The second kappa shape index (κ2) is 11.0. The van der Waals surface area contributed by atoms with E-state index in [9.17, 15) is 14.4 Å². The molecule has 0 bridgehead atoms. The number of fused-ring (bicyclic) bond motifs is 2. The minimum absolute atomic E-state index is 0.0451. The Bertz CT molecular complexity index is 1580. The Balaban J connectivity index is 1.42. The van der Waals surface area contributed by atoms with Crippen LogP contribution in [-0.4, -0.2) is 54.3 Å². The van der Waals surface area contributed by atoms with E-state index in [-0.39, 0.29) is 43.2 Å². The minimum Gasteiger partial charge on any atom is -0.451 e. The van der Waals surface area contributed by atoms with Gasteiger partial charge < -0.3 is 48.3 Å². The third-order valence-corrected chi connectivity index (χ3v) is 5.24. The Kier molecular flexibility index (Phi) is 7.42. The highest BCUT2D eigenvalue weighted by molar-refractivity contribution is 6.06. The van der Waals surface area contributed by atoms with Crippen molar-refractivity contribution in [1.82, 2.24) is 10.3 Å². The van der Waals surface area contributed by atoms with Crippen molar-refractivity contribution in [1.29, 1.82) is 0 Å². The van der Waals surface area contributed by atoms with Crippen molar-refractivity contribution in [2.24, 2.45) is 32.9 Å². The molecule has 0 spiro atoms. The standard InChI is InChI=1S/C24H26N10O4/c25-23(26)30-6-5-29-21(36)17-9-12-7-15(1-3-16(12)34-17)33-22(37)19-10-13-8-14(2-4-18(13)38-19)32-20(35)11-31-24(27)28/h1-4,7-10,34H,5-6,11H2,(H,29,36)(H,32,35)(H,33,37)(H4,25,26,30)(H4,27,28,31). The number of furan rings is 1. The monoisotopic (exact) mass is 518 g/mol. The van der Waals surface area contributed by atoms with Crippen LogP contribution in [0.1, 0.15) is 21.0 Å². The fourth-order valence-corrected chi connectivity index (χ4v) is 3.57. The van der Waals surface area contributed by atoms with Gasteiger partial charge in [-0.25, -0.2) is 4.99 Å². The quantitative estimate of drug-likeness (QED) is 0.0872. The fraction of sp³-hybridized carbons (Fsp3) is 0.125. The van der Waals surface area contributed by atoms with Crippen LogP contribution in [0, 0.1) is 0 Å². The lowest BCUT2D eigenvalue weighted by molar-refractivity contribution is -0.114. The molecule has 14 heteroatoms. The van der Waals surface area contributed by atoms with Crippen LogP contribution in [-0.2, 0) is 4.79 Å². The van der Waals surface area contributed by atoms with Gasteiger partial charge >= 0.3 is 0 Å². The van der Waals surface area contributed by atoms with E-state index in [0.29, 0.717) is 28.0 Å². The molecule has 14 nitrogen and oxygen atoms in total. The molecule has 3 amide bonds. The van der Waals surface area contributed by atoms with E-state index in [0.717, 1.165) is 10.9 Å². The number of nitrogens with one attached hydrogen (secondary N) is 4. The van der Waals surface area contributed by atoms with E-state index in [1.54, 1.807) is 48.5 Å². The number of aromatic amines is 1. The maximum absolute atomic E-state index is 12.8. The molecule has 0 aliphatic heterocycles. The predicted molar refractivity (Wildman–Crippen MR) is 145 cm³/mol. The molecular weight excluding hydrogens is 492 g/mol. The molecule has 0 fully saturated rings. The summed E-state index contributed by atoms with van der Waals surface area (Å²) in [5.74, 6) is -1.32. The van der Waals surface area contributed by atoms with Gasteiger partial charge in [0.25, 0.3) is 11.8 Å². The molecule has 0 atom stereocenters. The molecule has 2 aromatic carbocycles. The number of carbonyl (C=O) groups is 3. The van der Waals surface area contributed by atoms with Crippen LogP contribution in [0.3, 0.4) is 0 Å². The van der Waals surface area contributed by atoms with Crippen LogP contribution in [0.4, 0.5) is 11.4 Å². The molecule has 0 saturated carbocycles. The second-order valence-electron chi connectivity index (χ2n) is 8.15. The molecule has 12 N–H and O–H groups in total. The van der Waals surface area contributed by atoms with Crippen molar-refractivity contribution >= 4 is 62.9 Å². The third kappa shape index (κ3) is 6.37. The minimum atomic E-state index is -0.466. The SMILES string of the molecule is NC(N)=NCCNC(=O)c1cc2cc(NC(=O)c3cc4cc(NC(=O)CN=C(N)N)ccc4o3)ccc2[nH]1. The van der Waals surface area contributed by atoms with Gasteiger partial charge in [0.05, 0.1) is 6.54 Å². The van der Waals surface area contributed by atoms with Crippen LogP contribution in [0.25, 0.3) is 21.9 Å². The van der Waals surface area contributed by atoms with Gasteiger partial charge in [0.1, 0.15) is 17.8 Å². The Morgan fingerprint density at radius 3 is 2.29 bits per heavy atom. The number of nitrogens with two attached hydrogens (primary N) is 4. The van der Waals surface area contributed by atoms with Crippen LogP contribution in [0.15, 0.2) is 62.9 Å². The number of nitrogens with zero attached hydrogens (tertiary/aromatic N) is 2. The summed E-state index contributed by atoms with van der Waals surface area (Å²) in [6.45, 7) is 0.328. The number of aliphatic imine (C=N–C) groups is 2. The molecule has 0 radical (unpaired) electrons. The molecule has 0 saturated heterocycles. The Hall–Kier alpha value is -5.53. The number of amides is 3. The maximum Gasteiger partial charge on any atom is 0.291 e. The lowest BCUT2D eigenvalue weighted by Gasteiger charge is -2.03. The number of anilines is 2. The van der Waals surface area contributed by atoms with Gasteiger partial charge in [0.15, 0.2) is 17.7 Å². The number of hydrogen-bond donors (Lipinski definition) is 8. The van der Waals surface area contributed by atoms with Gasteiger partial charge in [-0.1, -0.05) is 0 Å². The summed E-state index contributed by atoms with van der Waals surface area (Å²) >= 11 is 0. The average molecular weight is 519 g/mol. The Labute approximate surface area is 215 Å². The van der Waals surface area contributed by atoms with E-state index >= 15 is 0 Å². The Morgan fingerprint density at radius 1 is 0.816 bits per heavy atom. The van der Waals surface area contributed by atoms with Gasteiger partial charge in [-0.15, -0.1) is 0 Å². The van der Waals surface area contributed by atoms with Crippen LogP contribution >= 0.6 is 0 Å². The summed E-state index contributed by atoms with van der Waals surface area (Å²) in [5.41, 5.74) is 23.5. The zero-order valence-corrected chi connectivity index (χ0v) is 20.1. The number of hydrogen-bond acceptors (Lipinski definition) is 6. The highest BCUT2D eigenvalue weighted by Crippen LogP contribution is 2.25. The van der Waals surface area contributed by atoms with E-state index in [1.165, 1.54) is 0 Å². The van der Waals surface area contributed by atoms with Crippen molar-refractivity contribution in [2.45, 2.75) is 0 Å². The summed E-state index contributed by atoms with van der Waals surface area (Å²) in [7, 11) is 0. The largest absolute Gasteiger partial charge is 0.451 e. The number of carbonyl (C=O) groups excluding carboxylic acids is 3. The molecule has 0 unspecified atom stereocenters. The number of benzene rings is 2. The third-order valence-electron chi connectivity index (χ3n) is 5.24. The van der Waals surface area contributed by atoms with Gasteiger partial charge in [-0.05, 0) is 48.5 Å². The predicted octanol–water partition coefficient (Wildman–Crippen LogP) is 0.382. The smallest absolute Gasteiger partial charge is 0.291 e. The topological polar surface area (TPSA) is 245 Å². The first-order valence-corrected chi connectivity index (χ1v) is 11.3. The highest BCUT2D eigenvalue weighted by atomic mass is 16.3. The zero-order valence-electron chi connectivity index (χ0n) is 20.1. The zero-order chi connectivity index (χ0) is 27.2. The van der Waals surface area contributed by atoms with Gasteiger partial charge in [0, 0.05) is 34.2 Å². The van der Waals surface area contributed by atoms with Gasteiger partial charge in [-0.2, -0.15) is 0 Å². The first-order chi connectivity index (χ1) is 18.2. The van der Waals surface area contributed by atoms with E-state index in [2.05, 4.69) is 30.9 Å². The summed E-state index contributed by atoms with van der Waals surface area (Å²) in [6, 6.07) is 13.3. The first kappa shape index (κ1) is 25.6. The fourth-order valence-electron chi connectivity index (χ4n) is 3.57. The molecule has 4 aromatic rings. The van der Waals surface area contributed by atoms with E-state index < -0.39 is 11.8 Å². The molecule has 4 rings (SSSR count). The number of rotatable bonds is 9. The summed E-state index contributed by atoms with van der Waals surface area (Å²) in [5, 5.41) is 9.50. The molecule has 196 valence electrons. The van der Waals surface area contributed by atoms with Crippen molar-refractivity contribution in [3.8, 4) is 0 Å². The molecule has 2 heterocycles. The van der Waals surface area contributed by atoms with Crippen molar-refractivity contribution in [2.75, 3.05) is 30.3 Å². The Morgan fingerprint density at radius 2 is 1.53 bits per heavy atom. The number of guanidine groups is 2. The molecule has 0 aliphatic carbocycles. The maximum atomic E-state index is 12.8. The molecule has 2 aromatic heterocycles. The van der Waals surface area contributed by atoms with Crippen molar-refractivity contribution in [3.05, 3.63) is 60.0 Å². The molecule has 38 heavy (non-hydrogen) atoms. The van der Waals surface area contributed by atoms with Crippen LogP contribution in [0.5, 0.6) is 0 Å². The normalized spacial score (nSPS) is 10.6. The van der Waals surface area contributed by atoms with Gasteiger partial charge in [-0.3, -0.25) is 19.4 Å². The van der Waals surface area contributed by atoms with E-state index in [4.69, 9.17) is 27.4 Å². The lowest BCUT2D eigenvalue weighted by Crippen LogP contribution is -2.28. The van der Waals surface area contributed by atoms with Crippen molar-refractivity contribution in [3.63, 3.8) is 0 Å². The van der Waals surface area contributed by atoms with Gasteiger partial charge in [0.2, 0.25) is 5.91 Å². The number of aromatic nitrogens is 1. The lowest BCUT2D eigenvalue weighted by atomic mass is 10.2. The second-order valence-corrected chi connectivity index (χ2v) is 8.15. The highest BCUT2D eigenvalue weighted by Gasteiger charge is 2.15. The summed E-state index contributed by atoms with van der Waals surface area (Å²) in [6.07, 6.45) is 0. The summed E-state index contributed by atoms with van der Waals surface area (Å²) in [4.78, 5) is 47.6. The first-order valence-electron chi connectivity index (χ1n) is 11.3. The van der Waals surface area contributed by atoms with E-state index in [1.807, 2.05) is 0 Å². The average Bonchev–Trinajstić information content (AvgIpc) is 3.49. The molecule has 0 aliphatic rings. The molecular formula is C24H26N10O4. The number of H-pyrrole nitrogens is 1.